The van der Waals surface area contributed by atoms with Crippen molar-refractivity contribution in [1.82, 2.24) is 5.32 Å². The summed E-state index contributed by atoms with van der Waals surface area (Å²) in [6, 6.07) is 1.90. The summed E-state index contributed by atoms with van der Waals surface area (Å²) in [6.45, 7) is 3.42. The fourth-order valence-corrected chi connectivity index (χ4v) is 0.426. The second-order valence-corrected chi connectivity index (χ2v) is 1.93. The molecule has 0 rings (SSSR count). The average Bonchev–Trinajstić information content (AvgIpc) is 1.83. The highest BCUT2D eigenvalue weighted by Crippen LogP contribution is 1.88. The summed E-state index contributed by atoms with van der Waals surface area (Å²) >= 11 is 5.42. The minimum Gasteiger partial charge on any atom is -0.314 e. The number of hydrogen-bond acceptors (Lipinski definition) is 2. The lowest BCUT2D eigenvalue weighted by molar-refractivity contribution is 0.734. The zero-order chi connectivity index (χ0) is 6.41. The number of nitrogens with zero attached hydrogens (tertiary/aromatic N) is 1. The number of nitrogens with one attached hydrogen (secondary N) is 1. The summed E-state index contributed by atoms with van der Waals surface area (Å²) in [7, 11) is 0. The highest BCUT2D eigenvalue weighted by molar-refractivity contribution is 6.22. The van der Waals surface area contributed by atoms with Crippen molar-refractivity contribution in [3.8, 4) is 6.07 Å². The zero-order valence-corrected chi connectivity index (χ0v) is 5.57. The predicted octanol–water partition coefficient (Wildman–Crippen LogP) is 0.727. The molecule has 0 aliphatic carbocycles. The monoisotopic (exact) mass is 132 g/mol. The van der Waals surface area contributed by atoms with Gasteiger partial charge in [-0.2, -0.15) is 5.26 Å². The van der Waals surface area contributed by atoms with E-state index in [2.05, 4.69) is 5.32 Å². The minimum absolute atomic E-state index is 0.380. The van der Waals surface area contributed by atoms with E-state index in [0.717, 1.165) is 6.54 Å². The van der Waals surface area contributed by atoms with Gasteiger partial charge in [-0.25, -0.2) is 0 Å². The second-order valence-electron chi connectivity index (χ2n) is 1.40. The van der Waals surface area contributed by atoms with Gasteiger partial charge in [-0.3, -0.25) is 0 Å². The molecule has 0 fully saturated rings. The second kappa shape index (κ2) is 4.89. The third kappa shape index (κ3) is 3.91. The van der Waals surface area contributed by atoms with Crippen LogP contribution in [0.4, 0.5) is 0 Å². The first-order valence-corrected chi connectivity index (χ1v) is 2.99. The topological polar surface area (TPSA) is 35.8 Å². The van der Waals surface area contributed by atoms with E-state index in [1.165, 1.54) is 0 Å². The van der Waals surface area contributed by atoms with Gasteiger partial charge in [-0.1, -0.05) is 6.92 Å². The van der Waals surface area contributed by atoms with Crippen LogP contribution in [0.5, 0.6) is 0 Å². The van der Waals surface area contributed by atoms with Gasteiger partial charge in [0.2, 0.25) is 0 Å². The summed E-state index contributed by atoms with van der Waals surface area (Å²) < 4.78 is 0. The number of hydrogen-bond donors (Lipinski definition) is 1. The van der Waals surface area contributed by atoms with E-state index in [9.17, 15) is 0 Å². The SMILES string of the molecule is CCNCC(Cl)C#N. The molecular weight excluding hydrogens is 124 g/mol. The lowest BCUT2D eigenvalue weighted by Gasteiger charge is -1.97. The Hall–Kier alpha value is -0.260. The molecule has 3 heteroatoms. The molecule has 0 saturated heterocycles. The van der Waals surface area contributed by atoms with Gasteiger partial charge in [-0.15, -0.1) is 11.6 Å². The molecule has 1 atom stereocenters. The molecule has 0 saturated carbocycles. The summed E-state index contributed by atoms with van der Waals surface area (Å²) in [5.41, 5.74) is 0. The number of nitriles is 1. The van der Waals surface area contributed by atoms with E-state index in [1.807, 2.05) is 13.0 Å². The molecule has 0 heterocycles. The van der Waals surface area contributed by atoms with Gasteiger partial charge in [0.15, 0.2) is 0 Å². The Balaban J connectivity index is 3.02. The Labute approximate surface area is 54.4 Å². The van der Waals surface area contributed by atoms with E-state index in [1.54, 1.807) is 0 Å². The molecule has 0 radical (unpaired) electrons. The summed E-state index contributed by atoms with van der Waals surface area (Å²) in [5.74, 6) is 0. The van der Waals surface area contributed by atoms with E-state index in [4.69, 9.17) is 16.9 Å². The molecule has 0 aromatic heterocycles. The Morgan fingerprint density at radius 3 is 2.88 bits per heavy atom. The molecule has 8 heavy (non-hydrogen) atoms. The first kappa shape index (κ1) is 7.74. The van der Waals surface area contributed by atoms with Crippen molar-refractivity contribution in [2.45, 2.75) is 12.3 Å². The quantitative estimate of drug-likeness (QED) is 0.575. The van der Waals surface area contributed by atoms with Crippen LogP contribution < -0.4 is 5.32 Å². The van der Waals surface area contributed by atoms with Gasteiger partial charge in [0.25, 0.3) is 0 Å². The first-order valence-electron chi connectivity index (χ1n) is 2.55. The van der Waals surface area contributed by atoms with Crippen molar-refractivity contribution in [3.63, 3.8) is 0 Å². The first-order chi connectivity index (χ1) is 3.81. The molecule has 0 aliphatic rings. The third-order valence-corrected chi connectivity index (χ3v) is 0.966. The van der Waals surface area contributed by atoms with Gasteiger partial charge in [0.05, 0.1) is 6.07 Å². The molecule has 2 nitrogen and oxygen atoms in total. The normalized spacial score (nSPS) is 12.6. The molecule has 0 aliphatic heterocycles. The molecule has 0 bridgehead atoms. The van der Waals surface area contributed by atoms with Crippen LogP contribution in [0.2, 0.25) is 0 Å². The predicted molar refractivity (Wildman–Crippen MR) is 33.8 cm³/mol. The van der Waals surface area contributed by atoms with Crippen LogP contribution in [0.25, 0.3) is 0 Å². The van der Waals surface area contributed by atoms with E-state index in [0.29, 0.717) is 6.54 Å². The molecular formula is C5H9ClN2. The maximum Gasteiger partial charge on any atom is 0.132 e. The van der Waals surface area contributed by atoms with E-state index < -0.39 is 0 Å². The van der Waals surface area contributed by atoms with Gasteiger partial charge < -0.3 is 5.32 Å². The summed E-state index contributed by atoms with van der Waals surface area (Å²) in [6.07, 6.45) is 0. The molecule has 1 N–H and O–H groups in total. The highest BCUT2D eigenvalue weighted by atomic mass is 35.5. The molecule has 0 aromatic carbocycles. The van der Waals surface area contributed by atoms with Crippen molar-refractivity contribution in [2.24, 2.45) is 0 Å². The lowest BCUT2D eigenvalue weighted by atomic mass is 10.4. The molecule has 46 valence electrons. The lowest BCUT2D eigenvalue weighted by Crippen LogP contribution is -2.21. The number of halogens is 1. The van der Waals surface area contributed by atoms with Gasteiger partial charge in [0, 0.05) is 6.54 Å². The molecule has 0 aromatic rings. The van der Waals surface area contributed by atoms with Crippen LogP contribution in [0, 0.1) is 11.3 Å². The van der Waals surface area contributed by atoms with Crippen molar-refractivity contribution < 1.29 is 0 Å². The number of alkyl halides is 1. The van der Waals surface area contributed by atoms with Gasteiger partial charge in [-0.05, 0) is 6.54 Å². The smallest absolute Gasteiger partial charge is 0.132 e. The average molecular weight is 133 g/mol. The third-order valence-electron chi connectivity index (χ3n) is 0.714. The zero-order valence-electron chi connectivity index (χ0n) is 4.82. The van der Waals surface area contributed by atoms with Crippen LogP contribution >= 0.6 is 11.6 Å². The van der Waals surface area contributed by atoms with Gasteiger partial charge >= 0.3 is 0 Å². The maximum absolute atomic E-state index is 8.14. The minimum atomic E-state index is -0.380. The standard InChI is InChI=1S/C5H9ClN2/c1-2-8-4-5(6)3-7/h5,8H,2,4H2,1H3. The van der Waals surface area contributed by atoms with Crippen molar-refractivity contribution >= 4 is 11.6 Å². The highest BCUT2D eigenvalue weighted by Gasteiger charge is 1.96. The van der Waals surface area contributed by atoms with Gasteiger partial charge in [0.1, 0.15) is 5.38 Å². The summed E-state index contributed by atoms with van der Waals surface area (Å²) in [4.78, 5) is 0. The van der Waals surface area contributed by atoms with Crippen molar-refractivity contribution in [1.29, 1.82) is 5.26 Å². The number of rotatable bonds is 3. The Kier molecular flexibility index (Phi) is 4.73. The van der Waals surface area contributed by atoms with Crippen LogP contribution in [0.15, 0.2) is 0 Å². The van der Waals surface area contributed by atoms with Crippen molar-refractivity contribution in [3.05, 3.63) is 0 Å². The fourth-order valence-electron chi connectivity index (χ4n) is 0.317. The van der Waals surface area contributed by atoms with Crippen LogP contribution in [-0.2, 0) is 0 Å². The van der Waals surface area contributed by atoms with E-state index in [-0.39, 0.29) is 5.38 Å². The largest absolute Gasteiger partial charge is 0.314 e. The maximum atomic E-state index is 8.14. The molecule has 0 amide bonds. The van der Waals surface area contributed by atoms with Crippen molar-refractivity contribution in [2.75, 3.05) is 13.1 Å². The Morgan fingerprint density at radius 2 is 2.50 bits per heavy atom. The molecule has 0 spiro atoms. The fraction of sp³-hybridized carbons (Fsp3) is 0.800. The van der Waals surface area contributed by atoms with Crippen LogP contribution in [-0.4, -0.2) is 18.5 Å². The van der Waals surface area contributed by atoms with Crippen LogP contribution in [0.1, 0.15) is 6.92 Å². The van der Waals surface area contributed by atoms with E-state index >= 15 is 0 Å². The Bertz CT molecular complexity index is 86.9. The summed E-state index contributed by atoms with van der Waals surface area (Å²) in [5, 5.41) is 10.7. The molecule has 1 unspecified atom stereocenters. The van der Waals surface area contributed by atoms with Crippen LogP contribution in [0.3, 0.4) is 0 Å². The Morgan fingerprint density at radius 1 is 1.88 bits per heavy atom.